The van der Waals surface area contributed by atoms with Crippen LogP contribution in [0.2, 0.25) is 10.0 Å². The van der Waals surface area contributed by atoms with E-state index >= 15 is 0 Å². The summed E-state index contributed by atoms with van der Waals surface area (Å²) in [5.41, 5.74) is -0.262. The summed E-state index contributed by atoms with van der Waals surface area (Å²) in [7, 11) is 0. The number of benzene rings is 1. The van der Waals surface area contributed by atoms with E-state index in [0.717, 1.165) is 5.56 Å². The van der Waals surface area contributed by atoms with Gasteiger partial charge in [0.1, 0.15) is 5.60 Å². The molecule has 1 aliphatic heterocycles. The molecule has 0 bridgehead atoms. The van der Waals surface area contributed by atoms with Crippen LogP contribution in [0.1, 0.15) is 18.9 Å². The topological polar surface area (TPSA) is 58.6 Å². The summed E-state index contributed by atoms with van der Waals surface area (Å²) in [5.74, 6) is -0.293. The van der Waals surface area contributed by atoms with Crippen LogP contribution < -0.4 is 5.32 Å². The summed E-state index contributed by atoms with van der Waals surface area (Å²) in [6.07, 6.45) is 3.23. The van der Waals surface area contributed by atoms with Crippen molar-refractivity contribution in [1.29, 1.82) is 0 Å². The zero-order valence-electron chi connectivity index (χ0n) is 11.6. The summed E-state index contributed by atoms with van der Waals surface area (Å²) in [6, 6.07) is 5.03. The van der Waals surface area contributed by atoms with Crippen LogP contribution in [-0.4, -0.2) is 35.9 Å². The molecular weight excluding hydrogens is 313 g/mol. The monoisotopic (exact) mass is 329 g/mol. The van der Waals surface area contributed by atoms with Gasteiger partial charge >= 0.3 is 0 Å². The Bertz CT molecular complexity index is 542. The smallest absolute Gasteiger partial charge is 0.244 e. The molecule has 1 aromatic rings. The Kier molecular flexibility index (Phi) is 5.27. The maximum absolute atomic E-state index is 11.8. The molecule has 0 aliphatic carbocycles. The summed E-state index contributed by atoms with van der Waals surface area (Å²) in [6.45, 7) is 2.46. The van der Waals surface area contributed by atoms with Crippen LogP contribution >= 0.6 is 23.2 Å². The number of halogens is 2. The molecule has 1 heterocycles. The average molecular weight is 330 g/mol. The number of amides is 1. The van der Waals surface area contributed by atoms with Gasteiger partial charge in [0, 0.05) is 35.7 Å². The minimum absolute atomic E-state index is 0.160. The molecular formula is C15H17Cl2NO3. The number of ether oxygens (including phenoxy) is 1. The Hall–Kier alpha value is -1.07. The average Bonchev–Trinajstić information content (AvgIpc) is 2.74. The Labute approximate surface area is 133 Å². The summed E-state index contributed by atoms with van der Waals surface area (Å²) in [4.78, 5) is 11.8. The van der Waals surface area contributed by atoms with Gasteiger partial charge in [-0.15, -0.1) is 0 Å². The van der Waals surface area contributed by atoms with Gasteiger partial charge in [0.2, 0.25) is 5.91 Å². The van der Waals surface area contributed by atoms with Crippen LogP contribution in [0.3, 0.4) is 0 Å². The van der Waals surface area contributed by atoms with Gasteiger partial charge in [0.15, 0.2) is 0 Å². The Morgan fingerprint density at radius 2 is 2.14 bits per heavy atom. The second-order valence-corrected chi connectivity index (χ2v) is 5.99. The highest BCUT2D eigenvalue weighted by molar-refractivity contribution is 6.34. The van der Waals surface area contributed by atoms with E-state index in [9.17, 15) is 9.90 Å². The van der Waals surface area contributed by atoms with Crippen LogP contribution in [0.15, 0.2) is 24.3 Å². The van der Waals surface area contributed by atoms with Crippen molar-refractivity contribution >= 4 is 35.2 Å². The Morgan fingerprint density at radius 3 is 2.71 bits per heavy atom. The number of hydrogen-bond donors (Lipinski definition) is 2. The van der Waals surface area contributed by atoms with E-state index in [-0.39, 0.29) is 18.6 Å². The molecule has 2 unspecified atom stereocenters. The standard InChI is InChI=1S/C15H17Cl2NO3/c1-10-15(20,4-5-21-10)9-18-14(19)3-2-11-6-12(16)8-13(17)7-11/h2-3,6-8,10,20H,4-5,9H2,1H3,(H,18,19)/b3-2+. The third-order valence-electron chi connectivity index (χ3n) is 3.54. The third kappa shape index (κ3) is 4.45. The Morgan fingerprint density at radius 1 is 1.48 bits per heavy atom. The molecule has 21 heavy (non-hydrogen) atoms. The van der Waals surface area contributed by atoms with Gasteiger partial charge in [-0.05, 0) is 36.8 Å². The zero-order chi connectivity index (χ0) is 15.5. The fraction of sp³-hybridized carbons (Fsp3) is 0.400. The van der Waals surface area contributed by atoms with Gasteiger partial charge < -0.3 is 15.2 Å². The molecule has 2 N–H and O–H groups in total. The molecule has 1 aromatic carbocycles. The highest BCUT2D eigenvalue weighted by Crippen LogP contribution is 2.24. The van der Waals surface area contributed by atoms with Gasteiger partial charge in [-0.3, -0.25) is 4.79 Å². The first kappa shape index (κ1) is 16.3. The minimum Gasteiger partial charge on any atom is -0.385 e. The molecule has 0 aromatic heterocycles. The van der Waals surface area contributed by atoms with Crippen molar-refractivity contribution in [3.8, 4) is 0 Å². The van der Waals surface area contributed by atoms with Crippen molar-refractivity contribution in [3.05, 3.63) is 39.9 Å². The van der Waals surface area contributed by atoms with E-state index in [2.05, 4.69) is 5.32 Å². The predicted molar refractivity (Wildman–Crippen MR) is 83.5 cm³/mol. The summed E-state index contributed by atoms with van der Waals surface area (Å²) >= 11 is 11.8. The van der Waals surface area contributed by atoms with E-state index in [1.165, 1.54) is 6.08 Å². The van der Waals surface area contributed by atoms with Crippen molar-refractivity contribution in [1.82, 2.24) is 5.32 Å². The van der Waals surface area contributed by atoms with Gasteiger partial charge in [-0.25, -0.2) is 0 Å². The number of carbonyl (C=O) groups is 1. The molecule has 1 saturated heterocycles. The van der Waals surface area contributed by atoms with Gasteiger partial charge in [0.05, 0.1) is 6.10 Å². The first-order valence-electron chi connectivity index (χ1n) is 6.65. The maximum atomic E-state index is 11.8. The van der Waals surface area contributed by atoms with Crippen LogP contribution in [-0.2, 0) is 9.53 Å². The zero-order valence-corrected chi connectivity index (χ0v) is 13.1. The van der Waals surface area contributed by atoms with E-state index < -0.39 is 5.60 Å². The van der Waals surface area contributed by atoms with E-state index in [0.29, 0.717) is 23.1 Å². The van der Waals surface area contributed by atoms with Crippen molar-refractivity contribution in [2.75, 3.05) is 13.2 Å². The molecule has 1 aliphatic rings. The highest BCUT2D eigenvalue weighted by atomic mass is 35.5. The van der Waals surface area contributed by atoms with Crippen LogP contribution in [0.25, 0.3) is 6.08 Å². The minimum atomic E-state index is -0.997. The van der Waals surface area contributed by atoms with Crippen molar-refractivity contribution in [2.45, 2.75) is 25.0 Å². The fourth-order valence-electron chi connectivity index (χ4n) is 2.15. The normalized spacial score (nSPS) is 25.4. The fourth-order valence-corrected chi connectivity index (χ4v) is 2.69. The van der Waals surface area contributed by atoms with Crippen LogP contribution in [0.5, 0.6) is 0 Å². The van der Waals surface area contributed by atoms with Crippen LogP contribution in [0.4, 0.5) is 0 Å². The van der Waals surface area contributed by atoms with Crippen molar-refractivity contribution < 1.29 is 14.6 Å². The summed E-state index contributed by atoms with van der Waals surface area (Å²) in [5, 5.41) is 14.0. The first-order valence-corrected chi connectivity index (χ1v) is 7.41. The van der Waals surface area contributed by atoms with Crippen molar-refractivity contribution in [3.63, 3.8) is 0 Å². The highest BCUT2D eigenvalue weighted by Gasteiger charge is 2.39. The van der Waals surface area contributed by atoms with Crippen molar-refractivity contribution in [2.24, 2.45) is 0 Å². The van der Waals surface area contributed by atoms with E-state index in [4.69, 9.17) is 27.9 Å². The number of aliphatic hydroxyl groups is 1. The SMILES string of the molecule is CC1OCCC1(O)CNC(=O)/C=C/c1cc(Cl)cc(Cl)c1. The lowest BCUT2D eigenvalue weighted by Gasteiger charge is -2.25. The molecule has 6 heteroatoms. The molecule has 4 nitrogen and oxygen atoms in total. The number of carbonyl (C=O) groups excluding carboxylic acids is 1. The maximum Gasteiger partial charge on any atom is 0.244 e. The number of hydrogen-bond acceptors (Lipinski definition) is 3. The second-order valence-electron chi connectivity index (χ2n) is 5.12. The molecule has 0 saturated carbocycles. The second kappa shape index (κ2) is 6.79. The molecule has 1 fully saturated rings. The number of nitrogens with one attached hydrogen (secondary N) is 1. The van der Waals surface area contributed by atoms with Gasteiger partial charge in [-0.2, -0.15) is 0 Å². The molecule has 2 rings (SSSR count). The van der Waals surface area contributed by atoms with Gasteiger partial charge in [-0.1, -0.05) is 23.2 Å². The third-order valence-corrected chi connectivity index (χ3v) is 3.98. The lowest BCUT2D eigenvalue weighted by Crippen LogP contribution is -2.47. The Balaban J connectivity index is 1.91. The molecule has 0 spiro atoms. The van der Waals surface area contributed by atoms with E-state index in [1.54, 1.807) is 31.2 Å². The molecule has 1 amide bonds. The van der Waals surface area contributed by atoms with Gasteiger partial charge in [0.25, 0.3) is 0 Å². The molecule has 2 atom stereocenters. The molecule has 114 valence electrons. The van der Waals surface area contributed by atoms with E-state index in [1.807, 2.05) is 0 Å². The lowest BCUT2D eigenvalue weighted by molar-refractivity contribution is -0.118. The summed E-state index contributed by atoms with van der Waals surface area (Å²) < 4.78 is 5.31. The largest absolute Gasteiger partial charge is 0.385 e. The lowest BCUT2D eigenvalue weighted by atomic mass is 9.97. The number of rotatable bonds is 4. The first-order chi connectivity index (χ1) is 9.89. The predicted octanol–water partition coefficient (Wildman–Crippen LogP) is 2.66. The molecule has 0 radical (unpaired) electrons. The van der Waals surface area contributed by atoms with Crippen LogP contribution in [0, 0.1) is 0 Å². The quantitative estimate of drug-likeness (QED) is 0.835.